The zero-order chi connectivity index (χ0) is 22.8. The van der Waals surface area contributed by atoms with Crippen molar-refractivity contribution in [1.82, 2.24) is 14.7 Å². The minimum atomic E-state index is -0.268. The fourth-order valence-corrected chi connectivity index (χ4v) is 5.44. The largest absolute Gasteiger partial charge is 0.339 e. The Hall–Kier alpha value is -2.31. The molecule has 0 spiro atoms. The number of piperazine rings is 1. The number of hydrogen-bond donors (Lipinski definition) is 0. The second kappa shape index (κ2) is 9.90. The summed E-state index contributed by atoms with van der Waals surface area (Å²) in [5, 5.41) is 0. The van der Waals surface area contributed by atoms with Crippen molar-refractivity contribution in [2.45, 2.75) is 44.2 Å². The van der Waals surface area contributed by atoms with Gasteiger partial charge < -0.3 is 4.90 Å². The van der Waals surface area contributed by atoms with Crippen LogP contribution in [-0.2, 0) is 4.79 Å². The standard InChI is InChI=1S/C27H33F2N3O/c28-23-10-6-21(7-11-23)26(22-8-12-24(29)13-9-22)30-15-17-31(18-16-30)27(33)25-3-1-2-14-32(25)19-20-4-5-20/h6-13,20,25-26H,1-5,14-19H2/t25-/m0/s1. The third kappa shape index (κ3) is 5.28. The summed E-state index contributed by atoms with van der Waals surface area (Å²) in [6, 6.07) is 13.1. The second-order valence-electron chi connectivity index (χ2n) is 9.82. The summed E-state index contributed by atoms with van der Waals surface area (Å²) in [6.45, 7) is 4.97. The van der Waals surface area contributed by atoms with Gasteiger partial charge in [-0.1, -0.05) is 30.7 Å². The van der Waals surface area contributed by atoms with Crippen LogP contribution >= 0.6 is 0 Å². The van der Waals surface area contributed by atoms with Crippen LogP contribution in [-0.4, -0.2) is 65.9 Å². The summed E-state index contributed by atoms with van der Waals surface area (Å²) < 4.78 is 27.1. The lowest BCUT2D eigenvalue weighted by atomic mass is 9.96. The van der Waals surface area contributed by atoms with Crippen LogP contribution in [0.2, 0.25) is 0 Å². The van der Waals surface area contributed by atoms with E-state index in [1.807, 2.05) is 4.90 Å². The van der Waals surface area contributed by atoms with Gasteiger partial charge in [0.05, 0.1) is 12.1 Å². The third-order valence-electron chi connectivity index (χ3n) is 7.45. The van der Waals surface area contributed by atoms with Gasteiger partial charge in [-0.3, -0.25) is 14.6 Å². The smallest absolute Gasteiger partial charge is 0.240 e. The number of amides is 1. The summed E-state index contributed by atoms with van der Waals surface area (Å²) >= 11 is 0. The van der Waals surface area contributed by atoms with E-state index in [9.17, 15) is 13.6 Å². The highest BCUT2D eigenvalue weighted by Gasteiger charge is 2.37. The average molecular weight is 454 g/mol. The first-order valence-corrected chi connectivity index (χ1v) is 12.4. The zero-order valence-corrected chi connectivity index (χ0v) is 19.1. The molecule has 0 N–H and O–H groups in total. The van der Waals surface area contributed by atoms with Crippen LogP contribution in [0.4, 0.5) is 8.78 Å². The van der Waals surface area contributed by atoms with Crippen LogP contribution < -0.4 is 0 Å². The molecule has 1 amide bonds. The molecule has 2 aliphatic heterocycles. The summed E-state index contributed by atoms with van der Waals surface area (Å²) in [5.41, 5.74) is 1.95. The lowest BCUT2D eigenvalue weighted by Gasteiger charge is -2.43. The van der Waals surface area contributed by atoms with Crippen molar-refractivity contribution in [2.75, 3.05) is 39.3 Å². The number of likely N-dealkylation sites (tertiary alicyclic amines) is 1. The highest BCUT2D eigenvalue weighted by Crippen LogP contribution is 2.33. The van der Waals surface area contributed by atoms with E-state index in [4.69, 9.17) is 0 Å². The van der Waals surface area contributed by atoms with Gasteiger partial charge >= 0.3 is 0 Å². The SMILES string of the molecule is O=C([C@@H]1CCCCN1CC1CC1)N1CCN(C(c2ccc(F)cc2)c2ccc(F)cc2)CC1. The fraction of sp³-hybridized carbons (Fsp3) is 0.519. The molecule has 2 saturated heterocycles. The lowest BCUT2D eigenvalue weighted by Crippen LogP contribution is -2.56. The first-order chi connectivity index (χ1) is 16.1. The highest BCUT2D eigenvalue weighted by atomic mass is 19.1. The monoisotopic (exact) mass is 453 g/mol. The Morgan fingerprint density at radius 2 is 1.36 bits per heavy atom. The molecule has 2 heterocycles. The number of nitrogens with zero attached hydrogens (tertiary/aromatic N) is 3. The first-order valence-electron chi connectivity index (χ1n) is 12.4. The second-order valence-corrected chi connectivity index (χ2v) is 9.82. The van der Waals surface area contributed by atoms with E-state index in [-0.39, 0.29) is 29.6 Å². The van der Waals surface area contributed by atoms with Gasteiger partial charge in [0, 0.05) is 32.7 Å². The predicted octanol–water partition coefficient (Wildman–Crippen LogP) is 4.46. The molecule has 0 aromatic heterocycles. The summed E-state index contributed by atoms with van der Waals surface area (Å²) in [6.07, 6.45) is 5.92. The van der Waals surface area contributed by atoms with Crippen LogP contribution in [0.5, 0.6) is 0 Å². The molecule has 0 radical (unpaired) electrons. The fourth-order valence-electron chi connectivity index (χ4n) is 5.44. The van der Waals surface area contributed by atoms with Crippen LogP contribution in [0, 0.1) is 17.6 Å². The van der Waals surface area contributed by atoms with E-state index in [0.717, 1.165) is 56.1 Å². The Morgan fingerprint density at radius 1 is 0.788 bits per heavy atom. The molecule has 5 rings (SSSR count). The normalized spacial score (nSPS) is 22.6. The molecule has 3 aliphatic rings. The number of benzene rings is 2. The first kappa shape index (κ1) is 22.5. The van der Waals surface area contributed by atoms with E-state index in [1.165, 1.54) is 43.5 Å². The highest BCUT2D eigenvalue weighted by molar-refractivity contribution is 5.82. The number of halogens is 2. The minimum Gasteiger partial charge on any atom is -0.339 e. The van der Waals surface area contributed by atoms with E-state index in [2.05, 4.69) is 9.80 Å². The molecule has 176 valence electrons. The van der Waals surface area contributed by atoms with Crippen LogP contribution in [0.3, 0.4) is 0 Å². The van der Waals surface area contributed by atoms with Gasteiger partial charge in [0.25, 0.3) is 0 Å². The van der Waals surface area contributed by atoms with Crippen molar-refractivity contribution in [2.24, 2.45) is 5.92 Å². The van der Waals surface area contributed by atoms with Crippen molar-refractivity contribution in [3.05, 3.63) is 71.3 Å². The Balaban J connectivity index is 1.28. The molecule has 6 heteroatoms. The van der Waals surface area contributed by atoms with Crippen molar-refractivity contribution in [3.63, 3.8) is 0 Å². The van der Waals surface area contributed by atoms with Crippen LogP contribution in [0.25, 0.3) is 0 Å². The number of hydrogen-bond acceptors (Lipinski definition) is 3. The summed E-state index contributed by atoms with van der Waals surface area (Å²) in [5.74, 6) is 0.544. The predicted molar refractivity (Wildman–Crippen MR) is 125 cm³/mol. The molecule has 3 fully saturated rings. The lowest BCUT2D eigenvalue weighted by molar-refractivity contribution is -0.140. The maximum atomic E-state index is 13.6. The van der Waals surface area contributed by atoms with E-state index in [1.54, 1.807) is 24.3 Å². The Bertz CT molecular complexity index is 891. The van der Waals surface area contributed by atoms with Crippen LogP contribution in [0.15, 0.2) is 48.5 Å². The number of rotatable bonds is 6. The molecule has 2 aromatic carbocycles. The average Bonchev–Trinajstić information content (AvgIpc) is 3.66. The molecule has 2 aromatic rings. The molecule has 33 heavy (non-hydrogen) atoms. The minimum absolute atomic E-state index is 0.0379. The Labute approximate surface area is 195 Å². The maximum Gasteiger partial charge on any atom is 0.240 e. The number of carbonyl (C=O) groups is 1. The van der Waals surface area contributed by atoms with Gasteiger partial charge in [0.2, 0.25) is 5.91 Å². The van der Waals surface area contributed by atoms with E-state index >= 15 is 0 Å². The summed E-state index contributed by atoms with van der Waals surface area (Å²) in [7, 11) is 0. The van der Waals surface area contributed by atoms with Crippen molar-refractivity contribution in [3.8, 4) is 0 Å². The molecule has 4 nitrogen and oxygen atoms in total. The van der Waals surface area contributed by atoms with Gasteiger partial charge in [-0.05, 0) is 73.5 Å². The molecular weight excluding hydrogens is 420 g/mol. The van der Waals surface area contributed by atoms with Crippen molar-refractivity contribution < 1.29 is 13.6 Å². The molecular formula is C27H33F2N3O. The van der Waals surface area contributed by atoms with Gasteiger partial charge in [0.1, 0.15) is 11.6 Å². The maximum absolute atomic E-state index is 13.6. The van der Waals surface area contributed by atoms with E-state index < -0.39 is 0 Å². The number of piperidine rings is 1. The van der Waals surface area contributed by atoms with Gasteiger partial charge in [-0.15, -0.1) is 0 Å². The third-order valence-corrected chi connectivity index (χ3v) is 7.45. The molecule has 1 aliphatic carbocycles. The molecule has 1 atom stereocenters. The van der Waals surface area contributed by atoms with E-state index in [0.29, 0.717) is 13.1 Å². The van der Waals surface area contributed by atoms with Gasteiger partial charge in [-0.2, -0.15) is 0 Å². The van der Waals surface area contributed by atoms with Crippen molar-refractivity contribution in [1.29, 1.82) is 0 Å². The Morgan fingerprint density at radius 3 is 1.91 bits per heavy atom. The topological polar surface area (TPSA) is 26.8 Å². The molecule has 0 bridgehead atoms. The summed E-state index contributed by atoms with van der Waals surface area (Å²) in [4.78, 5) is 20.2. The van der Waals surface area contributed by atoms with Gasteiger partial charge in [-0.25, -0.2) is 8.78 Å². The van der Waals surface area contributed by atoms with Crippen molar-refractivity contribution >= 4 is 5.91 Å². The zero-order valence-electron chi connectivity index (χ0n) is 19.1. The number of carbonyl (C=O) groups excluding carboxylic acids is 1. The Kier molecular flexibility index (Phi) is 6.74. The molecule has 0 unspecified atom stereocenters. The van der Waals surface area contributed by atoms with Crippen LogP contribution in [0.1, 0.15) is 49.3 Å². The molecule has 1 saturated carbocycles. The quantitative estimate of drug-likeness (QED) is 0.646. The van der Waals surface area contributed by atoms with Gasteiger partial charge in [0.15, 0.2) is 0 Å².